The van der Waals surface area contributed by atoms with Crippen LogP contribution in [0, 0.1) is 17.8 Å². The summed E-state index contributed by atoms with van der Waals surface area (Å²) in [5.74, 6) is -1.82. The molecule has 0 unspecified atom stereocenters. The average Bonchev–Trinajstić information content (AvgIpc) is 2.77. The first-order valence-electron chi connectivity index (χ1n) is 9.99. The molecule has 2 fully saturated rings. The molecule has 1 aliphatic carbocycles. The molecule has 1 saturated heterocycles. The van der Waals surface area contributed by atoms with Gasteiger partial charge in [0.15, 0.2) is 0 Å². The molecule has 158 valence electrons. The Morgan fingerprint density at radius 3 is 2.31 bits per heavy atom. The molecule has 29 heavy (non-hydrogen) atoms. The molecule has 1 heterocycles. The van der Waals surface area contributed by atoms with Crippen molar-refractivity contribution in [2.24, 2.45) is 17.8 Å². The number of anilines is 1. The molecule has 3 atom stereocenters. The van der Waals surface area contributed by atoms with Crippen LogP contribution in [0.4, 0.5) is 10.5 Å². The normalized spacial score (nSPS) is 24.7. The number of para-hydroxylation sites is 1. The second-order valence-electron chi connectivity index (χ2n) is 7.70. The molecule has 1 aliphatic heterocycles. The van der Waals surface area contributed by atoms with E-state index in [-0.39, 0.29) is 18.4 Å². The van der Waals surface area contributed by atoms with Crippen molar-refractivity contribution < 1.29 is 24.7 Å². The molecule has 1 aromatic rings. The maximum absolute atomic E-state index is 13.1. The van der Waals surface area contributed by atoms with Gasteiger partial charge in [0.2, 0.25) is 11.8 Å². The number of rotatable bonds is 5. The number of amides is 3. The molecule has 4 N–H and O–H groups in total. The number of piperazine rings is 1. The number of carboxylic acid groups (broad SMARTS) is 1. The molecular weight excluding hydrogens is 376 g/mol. The van der Waals surface area contributed by atoms with Crippen molar-refractivity contribution in [3.8, 4) is 0 Å². The molecule has 3 rings (SSSR count). The van der Waals surface area contributed by atoms with Crippen LogP contribution in [0.1, 0.15) is 19.3 Å². The molecule has 2 aliphatic rings. The Morgan fingerprint density at radius 2 is 1.69 bits per heavy atom. The highest BCUT2D eigenvalue weighted by Crippen LogP contribution is 2.35. The summed E-state index contributed by atoms with van der Waals surface area (Å²) in [5, 5.41) is 20.2. The molecule has 0 aromatic heterocycles. The van der Waals surface area contributed by atoms with Gasteiger partial charge in [-0.05, 0) is 37.3 Å². The Morgan fingerprint density at radius 1 is 1.00 bits per heavy atom. The number of hydrogen-bond donors (Lipinski definition) is 4. The second kappa shape index (κ2) is 9.60. The minimum absolute atomic E-state index is 0.0348. The number of carbonyl (C=O) groups excluding carboxylic acids is 2. The average molecular weight is 404 g/mol. The Balaban J connectivity index is 1.60. The van der Waals surface area contributed by atoms with E-state index in [1.54, 1.807) is 10.4 Å². The van der Waals surface area contributed by atoms with Crippen LogP contribution in [0.25, 0.3) is 0 Å². The van der Waals surface area contributed by atoms with Crippen molar-refractivity contribution >= 4 is 23.6 Å². The third-order valence-corrected chi connectivity index (χ3v) is 5.98. The van der Waals surface area contributed by atoms with Crippen LogP contribution in [-0.4, -0.2) is 65.8 Å². The predicted molar refractivity (Wildman–Crippen MR) is 106 cm³/mol. The summed E-state index contributed by atoms with van der Waals surface area (Å²) < 4.78 is 0. The number of carbonyl (C=O) groups is 3. The maximum atomic E-state index is 13.1. The largest absolute Gasteiger partial charge is 0.465 e. The highest BCUT2D eigenvalue weighted by molar-refractivity contribution is 5.87. The Hall–Kier alpha value is -2.81. The molecule has 1 aromatic carbocycles. The zero-order chi connectivity index (χ0) is 20.8. The van der Waals surface area contributed by atoms with Crippen molar-refractivity contribution in [1.82, 2.24) is 15.7 Å². The predicted octanol–water partition coefficient (Wildman–Crippen LogP) is 1.14. The molecule has 9 nitrogen and oxygen atoms in total. The Labute approximate surface area is 169 Å². The van der Waals surface area contributed by atoms with Crippen LogP contribution in [0.2, 0.25) is 0 Å². The van der Waals surface area contributed by atoms with Crippen LogP contribution in [0.3, 0.4) is 0 Å². The highest BCUT2D eigenvalue weighted by atomic mass is 16.5. The van der Waals surface area contributed by atoms with Gasteiger partial charge in [0.05, 0.1) is 5.92 Å². The van der Waals surface area contributed by atoms with Crippen LogP contribution in [0.5, 0.6) is 0 Å². The van der Waals surface area contributed by atoms with Crippen LogP contribution in [-0.2, 0) is 9.59 Å². The van der Waals surface area contributed by atoms with Crippen molar-refractivity contribution in [2.75, 3.05) is 37.6 Å². The van der Waals surface area contributed by atoms with Gasteiger partial charge in [-0.25, -0.2) is 10.3 Å². The van der Waals surface area contributed by atoms with E-state index in [4.69, 9.17) is 10.3 Å². The summed E-state index contributed by atoms with van der Waals surface area (Å²) in [6.07, 6.45) is 0.424. The molecule has 1 saturated carbocycles. The maximum Gasteiger partial charge on any atom is 0.404 e. The number of nitrogens with zero attached hydrogens (tertiary/aromatic N) is 2. The number of hydrogen-bond acceptors (Lipinski definition) is 5. The molecule has 0 radical (unpaired) electrons. The van der Waals surface area contributed by atoms with Gasteiger partial charge < -0.3 is 20.2 Å². The van der Waals surface area contributed by atoms with E-state index in [0.29, 0.717) is 32.4 Å². The summed E-state index contributed by atoms with van der Waals surface area (Å²) in [7, 11) is 0. The van der Waals surface area contributed by atoms with E-state index in [1.165, 1.54) is 0 Å². The number of nitrogens with one attached hydrogen (secondary N) is 2. The van der Waals surface area contributed by atoms with E-state index in [1.807, 2.05) is 30.3 Å². The van der Waals surface area contributed by atoms with Gasteiger partial charge in [0.25, 0.3) is 0 Å². The van der Waals surface area contributed by atoms with Crippen molar-refractivity contribution in [3.05, 3.63) is 30.3 Å². The Kier molecular flexibility index (Phi) is 6.92. The summed E-state index contributed by atoms with van der Waals surface area (Å²) in [5.41, 5.74) is 2.81. The smallest absolute Gasteiger partial charge is 0.404 e. The molecular formula is C20H28N4O5. The minimum Gasteiger partial charge on any atom is -0.465 e. The van der Waals surface area contributed by atoms with Crippen molar-refractivity contribution in [1.29, 1.82) is 0 Å². The lowest BCUT2D eigenvalue weighted by molar-refractivity contribution is -0.148. The van der Waals surface area contributed by atoms with Crippen molar-refractivity contribution in [3.63, 3.8) is 0 Å². The molecule has 3 amide bonds. The van der Waals surface area contributed by atoms with E-state index in [0.717, 1.165) is 18.8 Å². The summed E-state index contributed by atoms with van der Waals surface area (Å²) in [4.78, 5) is 40.1. The Bertz CT molecular complexity index is 721. The summed E-state index contributed by atoms with van der Waals surface area (Å²) >= 11 is 0. The minimum atomic E-state index is -1.11. The third kappa shape index (κ3) is 5.17. The highest BCUT2D eigenvalue weighted by Gasteiger charge is 2.41. The van der Waals surface area contributed by atoms with Gasteiger partial charge in [0, 0.05) is 44.3 Å². The lowest BCUT2D eigenvalue weighted by atomic mass is 9.73. The summed E-state index contributed by atoms with van der Waals surface area (Å²) in [6.45, 7) is 2.86. The topological polar surface area (TPSA) is 122 Å². The number of benzene rings is 1. The molecule has 9 heteroatoms. The fourth-order valence-electron chi connectivity index (χ4n) is 4.40. The first-order chi connectivity index (χ1) is 14.0. The molecule has 0 spiro atoms. The fraction of sp³-hybridized carbons (Fsp3) is 0.550. The van der Waals surface area contributed by atoms with Gasteiger partial charge in [-0.1, -0.05) is 18.2 Å². The zero-order valence-corrected chi connectivity index (χ0v) is 16.3. The number of hydroxylamine groups is 1. The SMILES string of the molecule is O=C(O)NC[C@@H]1CC[C@H](C(=O)N2CCN(c3ccccc3)CC2)[C@@H](C(=O)NO)C1. The van der Waals surface area contributed by atoms with E-state index >= 15 is 0 Å². The standard InChI is InChI=1S/C20H28N4O5/c25-18(22-29)17-12-14(13-21-20(27)28)6-7-16(17)19(26)24-10-8-23(9-11-24)15-4-2-1-3-5-15/h1-5,14,16-17,21,29H,6-13H2,(H,22,25)(H,27,28)/t14-,16+,17+/m1/s1. The van der Waals surface area contributed by atoms with Crippen LogP contribution >= 0.6 is 0 Å². The fourth-order valence-corrected chi connectivity index (χ4v) is 4.40. The van der Waals surface area contributed by atoms with Gasteiger partial charge >= 0.3 is 6.09 Å². The lowest BCUT2D eigenvalue weighted by Gasteiger charge is -2.40. The second-order valence-corrected chi connectivity index (χ2v) is 7.70. The quantitative estimate of drug-likeness (QED) is 0.431. The van der Waals surface area contributed by atoms with Crippen molar-refractivity contribution in [2.45, 2.75) is 19.3 Å². The zero-order valence-electron chi connectivity index (χ0n) is 16.3. The monoisotopic (exact) mass is 404 g/mol. The van der Waals surface area contributed by atoms with Gasteiger partial charge in [0.1, 0.15) is 0 Å². The van der Waals surface area contributed by atoms with Gasteiger partial charge in [-0.15, -0.1) is 0 Å². The van der Waals surface area contributed by atoms with Crippen LogP contribution in [0.15, 0.2) is 30.3 Å². The first kappa shape index (κ1) is 20.9. The van der Waals surface area contributed by atoms with E-state index in [9.17, 15) is 14.4 Å². The van der Waals surface area contributed by atoms with Crippen LogP contribution < -0.4 is 15.7 Å². The molecule has 0 bridgehead atoms. The lowest BCUT2D eigenvalue weighted by Crippen LogP contribution is -2.53. The first-order valence-corrected chi connectivity index (χ1v) is 9.99. The summed E-state index contributed by atoms with van der Waals surface area (Å²) in [6, 6.07) is 10.0. The van der Waals surface area contributed by atoms with Gasteiger partial charge in [-0.2, -0.15) is 0 Å². The van der Waals surface area contributed by atoms with Gasteiger partial charge in [-0.3, -0.25) is 14.8 Å². The van der Waals surface area contributed by atoms with E-state index < -0.39 is 23.8 Å². The third-order valence-electron chi connectivity index (χ3n) is 5.98. The van der Waals surface area contributed by atoms with E-state index in [2.05, 4.69) is 10.2 Å².